The zero-order valence-corrected chi connectivity index (χ0v) is 17.5. The molecule has 0 bridgehead atoms. The summed E-state index contributed by atoms with van der Waals surface area (Å²) >= 11 is 1.47. The number of benzene rings is 1. The van der Waals surface area contributed by atoms with Gasteiger partial charge in [0, 0.05) is 42.3 Å². The molecule has 29 heavy (non-hydrogen) atoms. The van der Waals surface area contributed by atoms with Crippen molar-refractivity contribution < 1.29 is 9.53 Å². The number of aromatic nitrogens is 3. The van der Waals surface area contributed by atoms with Crippen LogP contribution in [0.2, 0.25) is 0 Å². The molecular formula is C21H25N5O2S. The van der Waals surface area contributed by atoms with E-state index in [2.05, 4.69) is 22.3 Å². The van der Waals surface area contributed by atoms with Crippen LogP contribution in [-0.2, 0) is 0 Å². The van der Waals surface area contributed by atoms with Crippen molar-refractivity contribution in [2.24, 2.45) is 0 Å². The predicted molar refractivity (Wildman–Crippen MR) is 114 cm³/mol. The first kappa shape index (κ1) is 19.6. The number of nitrogens with zero attached hydrogens (tertiary/aromatic N) is 4. The molecule has 0 spiro atoms. The van der Waals surface area contributed by atoms with Gasteiger partial charge in [-0.1, -0.05) is 13.0 Å². The Morgan fingerprint density at radius 3 is 3.10 bits per heavy atom. The van der Waals surface area contributed by atoms with E-state index in [1.165, 1.54) is 11.3 Å². The third-order valence-corrected chi connectivity index (χ3v) is 5.96. The number of carbonyl (C=O) groups is 1. The summed E-state index contributed by atoms with van der Waals surface area (Å²) < 4.78 is 7.07. The zero-order chi connectivity index (χ0) is 20.2. The van der Waals surface area contributed by atoms with Crippen LogP contribution in [0.25, 0.3) is 16.3 Å². The number of ether oxygens (including phenoxy) is 1. The van der Waals surface area contributed by atoms with Crippen LogP contribution < -0.4 is 10.1 Å². The summed E-state index contributed by atoms with van der Waals surface area (Å²) in [6.07, 6.45) is 5.63. The first-order valence-corrected chi connectivity index (χ1v) is 10.7. The van der Waals surface area contributed by atoms with E-state index in [1.807, 2.05) is 40.7 Å². The molecule has 1 aromatic carbocycles. The number of carbonyl (C=O) groups excluding carboxylic acids is 1. The van der Waals surface area contributed by atoms with E-state index in [0.29, 0.717) is 5.69 Å². The highest BCUT2D eigenvalue weighted by atomic mass is 32.1. The van der Waals surface area contributed by atoms with Crippen molar-refractivity contribution in [2.75, 3.05) is 26.7 Å². The van der Waals surface area contributed by atoms with Crippen molar-refractivity contribution >= 4 is 17.2 Å². The quantitative estimate of drug-likeness (QED) is 0.646. The molecule has 1 atom stereocenters. The lowest BCUT2D eigenvalue weighted by atomic mass is 10.2. The Labute approximate surface area is 174 Å². The number of rotatable bonds is 7. The second-order valence-corrected chi connectivity index (χ2v) is 7.92. The molecule has 1 N–H and O–H groups in total. The van der Waals surface area contributed by atoms with Gasteiger partial charge in [-0.25, -0.2) is 9.67 Å². The maximum absolute atomic E-state index is 13.1. The Hall–Kier alpha value is -2.71. The SMILES string of the molecule is CCCN(C(=O)c1csc(-c2cnn(-c3cccc(OC)c3)c2)n1)[C@@H]1CCNC1. The molecule has 0 saturated carbocycles. The maximum atomic E-state index is 13.1. The predicted octanol–water partition coefficient (Wildman–Crippen LogP) is 3.22. The van der Waals surface area contributed by atoms with Gasteiger partial charge in [-0.3, -0.25) is 4.79 Å². The zero-order valence-electron chi connectivity index (χ0n) is 16.7. The third kappa shape index (κ3) is 4.18. The number of thiazole rings is 1. The lowest BCUT2D eigenvalue weighted by molar-refractivity contribution is 0.0687. The molecule has 1 saturated heterocycles. The molecule has 1 amide bonds. The summed E-state index contributed by atoms with van der Waals surface area (Å²) in [5.74, 6) is 0.794. The van der Waals surface area contributed by atoms with Gasteiger partial charge in [-0.15, -0.1) is 11.3 Å². The molecule has 1 fully saturated rings. The minimum Gasteiger partial charge on any atom is -0.497 e. The second kappa shape index (κ2) is 8.75. The average Bonchev–Trinajstić information content (AvgIpc) is 3.52. The Kier molecular flexibility index (Phi) is 5.92. The number of nitrogens with one attached hydrogen (secondary N) is 1. The summed E-state index contributed by atoms with van der Waals surface area (Å²) in [5, 5.41) is 10.4. The summed E-state index contributed by atoms with van der Waals surface area (Å²) in [5.41, 5.74) is 2.31. The highest BCUT2D eigenvalue weighted by Gasteiger charge is 2.28. The molecule has 152 valence electrons. The molecule has 0 radical (unpaired) electrons. The van der Waals surface area contributed by atoms with Crippen molar-refractivity contribution in [1.82, 2.24) is 25.0 Å². The van der Waals surface area contributed by atoms with Crippen molar-refractivity contribution in [3.05, 3.63) is 47.7 Å². The van der Waals surface area contributed by atoms with Gasteiger partial charge in [0.25, 0.3) is 5.91 Å². The van der Waals surface area contributed by atoms with E-state index in [0.717, 1.165) is 54.5 Å². The van der Waals surface area contributed by atoms with Crippen molar-refractivity contribution in [1.29, 1.82) is 0 Å². The average molecular weight is 412 g/mol. The smallest absolute Gasteiger partial charge is 0.273 e. The van der Waals surface area contributed by atoms with Crippen molar-refractivity contribution in [2.45, 2.75) is 25.8 Å². The number of amides is 1. The lowest BCUT2D eigenvalue weighted by Crippen LogP contribution is -2.42. The van der Waals surface area contributed by atoms with Gasteiger partial charge in [-0.2, -0.15) is 5.10 Å². The molecule has 2 aromatic heterocycles. The largest absolute Gasteiger partial charge is 0.497 e. The summed E-state index contributed by atoms with van der Waals surface area (Å²) in [6.45, 7) is 4.67. The van der Waals surface area contributed by atoms with Crippen LogP contribution in [0.4, 0.5) is 0 Å². The monoisotopic (exact) mass is 411 g/mol. The van der Waals surface area contributed by atoms with Gasteiger partial charge in [0.2, 0.25) is 0 Å². The molecule has 0 aliphatic carbocycles. The third-order valence-electron chi connectivity index (χ3n) is 5.07. The van der Waals surface area contributed by atoms with Crippen LogP contribution in [0.15, 0.2) is 42.0 Å². The van der Waals surface area contributed by atoms with E-state index in [9.17, 15) is 4.79 Å². The van der Waals surface area contributed by atoms with E-state index in [-0.39, 0.29) is 11.9 Å². The standard InChI is InChI=1S/C21H25N5O2S/c1-3-9-25(17-7-8-22-12-17)21(27)19-14-29-20(24-19)15-11-23-26(13-15)16-5-4-6-18(10-16)28-2/h4-6,10-11,13-14,17,22H,3,7-9,12H2,1-2H3/t17-/m1/s1. The van der Waals surface area contributed by atoms with Gasteiger partial charge >= 0.3 is 0 Å². The van der Waals surface area contributed by atoms with Gasteiger partial charge < -0.3 is 15.0 Å². The first-order chi connectivity index (χ1) is 14.2. The van der Waals surface area contributed by atoms with Crippen LogP contribution in [0.5, 0.6) is 5.75 Å². The minimum absolute atomic E-state index is 0.0169. The van der Waals surface area contributed by atoms with Crippen molar-refractivity contribution in [3.63, 3.8) is 0 Å². The molecule has 3 heterocycles. The molecule has 1 aliphatic heterocycles. The van der Waals surface area contributed by atoms with Gasteiger partial charge in [0.1, 0.15) is 16.5 Å². The van der Waals surface area contributed by atoms with E-state index in [1.54, 1.807) is 18.0 Å². The van der Waals surface area contributed by atoms with E-state index < -0.39 is 0 Å². The molecule has 7 nitrogen and oxygen atoms in total. The van der Waals surface area contributed by atoms with E-state index >= 15 is 0 Å². The minimum atomic E-state index is 0.0169. The fourth-order valence-electron chi connectivity index (χ4n) is 3.58. The first-order valence-electron chi connectivity index (χ1n) is 9.86. The fourth-order valence-corrected chi connectivity index (χ4v) is 4.34. The highest BCUT2D eigenvalue weighted by molar-refractivity contribution is 7.13. The summed E-state index contributed by atoms with van der Waals surface area (Å²) in [7, 11) is 1.64. The maximum Gasteiger partial charge on any atom is 0.273 e. The summed E-state index contributed by atoms with van der Waals surface area (Å²) in [4.78, 5) is 19.7. The highest BCUT2D eigenvalue weighted by Crippen LogP contribution is 2.26. The number of methoxy groups -OCH3 is 1. The van der Waals surface area contributed by atoms with Crippen LogP contribution in [0, 0.1) is 0 Å². The number of hydrogen-bond acceptors (Lipinski definition) is 6. The molecule has 3 aromatic rings. The Morgan fingerprint density at radius 2 is 2.34 bits per heavy atom. The van der Waals surface area contributed by atoms with E-state index in [4.69, 9.17) is 4.74 Å². The molecule has 4 rings (SSSR count). The topological polar surface area (TPSA) is 72.3 Å². The van der Waals surface area contributed by atoms with Crippen LogP contribution in [0.1, 0.15) is 30.3 Å². The van der Waals surface area contributed by atoms with Crippen molar-refractivity contribution in [3.8, 4) is 22.0 Å². The Morgan fingerprint density at radius 1 is 1.45 bits per heavy atom. The number of hydrogen-bond donors (Lipinski definition) is 1. The van der Waals surface area contributed by atoms with Crippen LogP contribution >= 0.6 is 11.3 Å². The lowest BCUT2D eigenvalue weighted by Gasteiger charge is -2.27. The normalized spacial score (nSPS) is 16.1. The van der Waals surface area contributed by atoms with Crippen LogP contribution in [-0.4, -0.2) is 58.4 Å². The molecular weight excluding hydrogens is 386 g/mol. The van der Waals surface area contributed by atoms with Gasteiger partial charge in [0.15, 0.2) is 0 Å². The molecule has 1 aliphatic rings. The second-order valence-electron chi connectivity index (χ2n) is 7.06. The Balaban J connectivity index is 1.54. The Bertz CT molecular complexity index is 977. The van der Waals surface area contributed by atoms with Gasteiger partial charge in [0.05, 0.1) is 19.0 Å². The van der Waals surface area contributed by atoms with Crippen LogP contribution in [0.3, 0.4) is 0 Å². The summed E-state index contributed by atoms with van der Waals surface area (Å²) in [6, 6.07) is 7.97. The molecule has 0 unspecified atom stereocenters. The fraction of sp³-hybridized carbons (Fsp3) is 0.381. The molecule has 8 heteroatoms. The van der Waals surface area contributed by atoms with Gasteiger partial charge in [-0.05, 0) is 31.5 Å².